The summed E-state index contributed by atoms with van der Waals surface area (Å²) in [4.78, 5) is 2.20. The number of methoxy groups -OCH3 is 2. The molecule has 3 aromatic rings. The maximum atomic E-state index is 15.3. The highest BCUT2D eigenvalue weighted by molar-refractivity contribution is 5.83. The molecule has 2 N–H and O–H groups in total. The summed E-state index contributed by atoms with van der Waals surface area (Å²) in [6.07, 6.45) is 2.89. The second-order valence-corrected chi connectivity index (χ2v) is 9.24. The van der Waals surface area contributed by atoms with E-state index >= 15 is 4.39 Å². The normalized spacial score (nSPS) is 20.8. The third-order valence-electron chi connectivity index (χ3n) is 6.61. The van der Waals surface area contributed by atoms with E-state index in [2.05, 4.69) is 38.6 Å². The molecule has 2 aromatic carbocycles. The van der Waals surface area contributed by atoms with Crippen molar-refractivity contribution in [3.05, 3.63) is 53.2 Å². The zero-order chi connectivity index (χ0) is 23.0. The van der Waals surface area contributed by atoms with E-state index in [0.717, 1.165) is 59.6 Å². The number of fused-ring (bicyclic) bond motifs is 3. The van der Waals surface area contributed by atoms with E-state index in [-0.39, 0.29) is 25.3 Å². The highest BCUT2D eigenvalue weighted by Crippen LogP contribution is 2.43. The average Bonchev–Trinajstić information content (AvgIpc) is 3.25. The van der Waals surface area contributed by atoms with Gasteiger partial charge in [0.25, 0.3) is 0 Å². The topological polar surface area (TPSA) is 71.6 Å². The molecule has 1 aromatic heterocycles. The number of hydrogen-bond donors (Lipinski definition) is 2. The Labute approximate surface area is 193 Å². The van der Waals surface area contributed by atoms with E-state index in [1.54, 1.807) is 14.0 Å². The van der Waals surface area contributed by atoms with Gasteiger partial charge in [0.1, 0.15) is 23.3 Å². The summed E-state index contributed by atoms with van der Waals surface area (Å²) in [5.74, 6) is 1.52. The smallest absolute Gasteiger partial charge is 0.144 e. The zero-order valence-corrected chi connectivity index (χ0v) is 19.4. The van der Waals surface area contributed by atoms with Crippen molar-refractivity contribution in [1.82, 2.24) is 20.4 Å². The van der Waals surface area contributed by atoms with Crippen molar-refractivity contribution in [2.24, 2.45) is 0 Å². The molecule has 2 atom stereocenters. The predicted molar refractivity (Wildman–Crippen MR) is 125 cm³/mol. The monoisotopic (exact) mass is 454 g/mol. The summed E-state index contributed by atoms with van der Waals surface area (Å²) in [7, 11) is 3.21. The first-order valence-corrected chi connectivity index (χ1v) is 11.4. The molecule has 2 unspecified atom stereocenters. The lowest BCUT2D eigenvalue weighted by Gasteiger charge is -2.41. The molecule has 5 rings (SSSR count). The van der Waals surface area contributed by atoms with Crippen molar-refractivity contribution >= 4 is 10.9 Å². The first-order valence-electron chi connectivity index (χ1n) is 11.4. The summed E-state index contributed by atoms with van der Waals surface area (Å²) < 4.78 is 32.4. The highest BCUT2D eigenvalue weighted by atomic mass is 19.1. The molecular formula is C25H31FN4O3. The Kier molecular flexibility index (Phi) is 5.99. The lowest BCUT2D eigenvalue weighted by atomic mass is 9.85. The molecule has 33 heavy (non-hydrogen) atoms. The van der Waals surface area contributed by atoms with Crippen molar-refractivity contribution in [2.75, 3.05) is 47.0 Å². The number of H-pyrrole nitrogens is 1. The third-order valence-corrected chi connectivity index (χ3v) is 6.61. The molecule has 1 saturated heterocycles. The second-order valence-electron chi connectivity index (χ2n) is 9.24. The van der Waals surface area contributed by atoms with E-state index in [1.165, 1.54) is 12.7 Å². The molecule has 3 heterocycles. The van der Waals surface area contributed by atoms with Crippen LogP contribution >= 0.6 is 0 Å². The van der Waals surface area contributed by atoms with Gasteiger partial charge in [-0.2, -0.15) is 5.10 Å². The van der Waals surface area contributed by atoms with Gasteiger partial charge >= 0.3 is 0 Å². The van der Waals surface area contributed by atoms with Gasteiger partial charge in [-0.25, -0.2) is 4.39 Å². The van der Waals surface area contributed by atoms with Crippen LogP contribution in [0.25, 0.3) is 10.9 Å². The van der Waals surface area contributed by atoms with E-state index in [9.17, 15) is 0 Å². The predicted octanol–water partition coefficient (Wildman–Crippen LogP) is 3.24. The van der Waals surface area contributed by atoms with Crippen molar-refractivity contribution < 1.29 is 18.6 Å². The van der Waals surface area contributed by atoms with Crippen LogP contribution in [0.5, 0.6) is 11.5 Å². The van der Waals surface area contributed by atoms with Crippen molar-refractivity contribution in [1.29, 1.82) is 0 Å². The largest absolute Gasteiger partial charge is 0.496 e. The molecule has 2 aliphatic rings. The summed E-state index contributed by atoms with van der Waals surface area (Å²) in [6, 6.07) is 10.0. The Balaban J connectivity index is 1.57. The Bertz CT molecular complexity index is 1130. The van der Waals surface area contributed by atoms with Gasteiger partial charge < -0.3 is 19.5 Å². The summed E-state index contributed by atoms with van der Waals surface area (Å²) in [5, 5.41) is 11.6. The van der Waals surface area contributed by atoms with Crippen LogP contribution in [0.3, 0.4) is 0 Å². The van der Waals surface area contributed by atoms with Crippen LogP contribution in [0.4, 0.5) is 4.39 Å². The van der Waals surface area contributed by atoms with Gasteiger partial charge in [-0.1, -0.05) is 6.07 Å². The minimum absolute atomic E-state index is 0.0448. The lowest BCUT2D eigenvalue weighted by Crippen LogP contribution is -2.50. The molecule has 7 nitrogen and oxygen atoms in total. The number of nitrogens with zero attached hydrogens (tertiary/aromatic N) is 2. The Morgan fingerprint density at radius 1 is 1.18 bits per heavy atom. The van der Waals surface area contributed by atoms with E-state index < -0.39 is 5.67 Å². The number of hydrogen-bond acceptors (Lipinski definition) is 6. The molecule has 176 valence electrons. The van der Waals surface area contributed by atoms with Gasteiger partial charge in [-0.15, -0.1) is 0 Å². The number of aromatic nitrogens is 2. The van der Waals surface area contributed by atoms with Gasteiger partial charge in [0, 0.05) is 50.3 Å². The Morgan fingerprint density at radius 3 is 2.73 bits per heavy atom. The standard InChI is InChI=1S/C25H31FN4O3/c1-25(26,15-31-2)14-30-9-8-18-19(6-7-22-21(18)13-28-29-22)24(30)20-5-4-16(10-23(20)32-3)33-17-11-27-12-17/h4-7,10,13,17,24,27H,8-9,11-12,14-15H2,1-3H3,(H,28,29). The minimum Gasteiger partial charge on any atom is -0.496 e. The van der Waals surface area contributed by atoms with Gasteiger partial charge in [0.2, 0.25) is 0 Å². The maximum Gasteiger partial charge on any atom is 0.144 e. The number of rotatable bonds is 8. The number of aromatic amines is 1. The fraction of sp³-hybridized carbons (Fsp3) is 0.480. The number of halogens is 1. The summed E-state index contributed by atoms with van der Waals surface area (Å²) in [5.41, 5.74) is 2.93. The molecule has 0 spiro atoms. The van der Waals surface area contributed by atoms with Crippen LogP contribution < -0.4 is 14.8 Å². The minimum atomic E-state index is -1.47. The quantitative estimate of drug-likeness (QED) is 0.545. The van der Waals surface area contributed by atoms with Crippen LogP contribution in [0.15, 0.2) is 36.5 Å². The van der Waals surface area contributed by atoms with Crippen LogP contribution in [0.1, 0.15) is 29.7 Å². The molecule has 1 fully saturated rings. The average molecular weight is 455 g/mol. The number of alkyl halides is 1. The highest BCUT2D eigenvalue weighted by Gasteiger charge is 2.37. The van der Waals surface area contributed by atoms with Crippen LogP contribution in [-0.4, -0.2) is 73.9 Å². The van der Waals surface area contributed by atoms with Crippen LogP contribution in [-0.2, 0) is 11.2 Å². The van der Waals surface area contributed by atoms with E-state index in [4.69, 9.17) is 14.2 Å². The molecule has 2 aliphatic heterocycles. The Morgan fingerprint density at radius 2 is 2.00 bits per heavy atom. The number of benzene rings is 2. The van der Waals surface area contributed by atoms with Gasteiger partial charge in [-0.3, -0.25) is 10.00 Å². The molecule has 0 bridgehead atoms. The Hall–Kier alpha value is -2.68. The molecular weight excluding hydrogens is 423 g/mol. The third kappa shape index (κ3) is 4.30. The summed E-state index contributed by atoms with van der Waals surface area (Å²) in [6.45, 7) is 4.32. The fourth-order valence-electron chi connectivity index (χ4n) is 5.04. The van der Waals surface area contributed by atoms with Crippen LogP contribution in [0, 0.1) is 0 Å². The molecule has 0 amide bonds. The lowest BCUT2D eigenvalue weighted by molar-refractivity contribution is 0.0153. The molecule has 0 radical (unpaired) electrons. The molecule has 0 saturated carbocycles. The first kappa shape index (κ1) is 22.1. The number of nitrogens with one attached hydrogen (secondary N) is 2. The maximum absolute atomic E-state index is 15.3. The first-order chi connectivity index (χ1) is 16.0. The van der Waals surface area contributed by atoms with Gasteiger partial charge in [-0.05, 0) is 42.7 Å². The van der Waals surface area contributed by atoms with Gasteiger partial charge in [0.15, 0.2) is 0 Å². The summed E-state index contributed by atoms with van der Waals surface area (Å²) >= 11 is 0. The molecule has 0 aliphatic carbocycles. The second kappa shape index (κ2) is 8.93. The molecule has 8 heteroatoms. The van der Waals surface area contributed by atoms with E-state index in [0.29, 0.717) is 0 Å². The van der Waals surface area contributed by atoms with E-state index in [1.807, 2.05) is 18.3 Å². The SMILES string of the molecule is COCC(C)(F)CN1CCc2c(ccc3[nH]ncc23)C1c1ccc(OC2CNC2)cc1OC. The van der Waals surface area contributed by atoms with Crippen molar-refractivity contribution in [3.8, 4) is 11.5 Å². The zero-order valence-electron chi connectivity index (χ0n) is 19.4. The van der Waals surface area contributed by atoms with Crippen molar-refractivity contribution in [2.45, 2.75) is 31.2 Å². The fourth-order valence-corrected chi connectivity index (χ4v) is 5.04. The number of ether oxygens (including phenoxy) is 3. The van der Waals surface area contributed by atoms with Crippen LogP contribution in [0.2, 0.25) is 0 Å². The van der Waals surface area contributed by atoms with Gasteiger partial charge in [0.05, 0.1) is 31.5 Å². The van der Waals surface area contributed by atoms with Crippen molar-refractivity contribution in [3.63, 3.8) is 0 Å².